The molecule has 0 unspecified atom stereocenters. The van der Waals surface area contributed by atoms with Gasteiger partial charge in [-0.2, -0.15) is 5.10 Å². The van der Waals surface area contributed by atoms with Crippen LogP contribution in [0.1, 0.15) is 45.3 Å². The number of hydrogen-bond acceptors (Lipinski definition) is 7. The van der Waals surface area contributed by atoms with Crippen molar-refractivity contribution in [2.24, 2.45) is 5.10 Å². The van der Waals surface area contributed by atoms with E-state index in [4.69, 9.17) is 9.47 Å². The number of esters is 1. The van der Waals surface area contributed by atoms with Gasteiger partial charge >= 0.3 is 17.8 Å². The van der Waals surface area contributed by atoms with E-state index in [0.29, 0.717) is 28.6 Å². The number of nitrogens with zero attached hydrogens (tertiary/aromatic N) is 1. The lowest BCUT2D eigenvalue weighted by Gasteiger charge is -2.10. The summed E-state index contributed by atoms with van der Waals surface area (Å²) in [6, 6.07) is 21.7. The Morgan fingerprint density at radius 3 is 2.51 bits per heavy atom. The number of carbonyl (C=O) groups is 3. The fraction of sp³-hybridized carbons (Fsp3) is 0.200. The molecule has 0 spiro atoms. The number of hydrogen-bond donors (Lipinski definition) is 2. The van der Waals surface area contributed by atoms with Gasteiger partial charge in [-0.25, -0.2) is 10.2 Å². The third-order valence-electron chi connectivity index (χ3n) is 6.62. The summed E-state index contributed by atoms with van der Waals surface area (Å²) in [5.41, 5.74) is 5.88. The summed E-state index contributed by atoms with van der Waals surface area (Å²) in [6.45, 7) is 2.16. The highest BCUT2D eigenvalue weighted by Gasteiger charge is 2.29. The fourth-order valence-corrected chi connectivity index (χ4v) is 5.86. The van der Waals surface area contributed by atoms with Crippen molar-refractivity contribution in [3.8, 4) is 5.75 Å². The van der Waals surface area contributed by atoms with Gasteiger partial charge in [0.2, 0.25) is 0 Å². The van der Waals surface area contributed by atoms with Gasteiger partial charge < -0.3 is 14.8 Å². The van der Waals surface area contributed by atoms with Gasteiger partial charge in [0.05, 0.1) is 18.4 Å². The van der Waals surface area contributed by atoms with Crippen molar-refractivity contribution >= 4 is 50.6 Å². The van der Waals surface area contributed by atoms with Crippen LogP contribution in [-0.4, -0.2) is 30.6 Å². The van der Waals surface area contributed by atoms with E-state index >= 15 is 0 Å². The first-order chi connectivity index (χ1) is 18.9. The number of hydrazone groups is 1. The maximum Gasteiger partial charge on any atom is 0.341 e. The smallest absolute Gasteiger partial charge is 0.341 e. The van der Waals surface area contributed by atoms with Crippen LogP contribution in [0.2, 0.25) is 0 Å². The van der Waals surface area contributed by atoms with Crippen LogP contribution in [0.3, 0.4) is 0 Å². The zero-order valence-corrected chi connectivity index (χ0v) is 22.4. The Kier molecular flexibility index (Phi) is 7.69. The second-order valence-electron chi connectivity index (χ2n) is 9.10. The van der Waals surface area contributed by atoms with Gasteiger partial charge in [-0.05, 0) is 77.9 Å². The summed E-state index contributed by atoms with van der Waals surface area (Å²) < 4.78 is 10.9. The Morgan fingerprint density at radius 1 is 0.949 bits per heavy atom. The van der Waals surface area contributed by atoms with Crippen LogP contribution in [0.5, 0.6) is 5.75 Å². The fourth-order valence-electron chi connectivity index (χ4n) is 4.59. The third kappa shape index (κ3) is 5.68. The number of amides is 2. The van der Waals surface area contributed by atoms with Crippen molar-refractivity contribution in [3.63, 3.8) is 0 Å². The number of thiophene rings is 1. The molecule has 0 radical (unpaired) electrons. The van der Waals surface area contributed by atoms with E-state index in [1.807, 2.05) is 48.5 Å². The number of ether oxygens (including phenoxy) is 2. The van der Waals surface area contributed by atoms with Gasteiger partial charge in [-0.3, -0.25) is 9.59 Å². The van der Waals surface area contributed by atoms with Crippen molar-refractivity contribution in [2.45, 2.75) is 32.8 Å². The molecule has 1 aliphatic carbocycles. The van der Waals surface area contributed by atoms with Crippen molar-refractivity contribution in [1.29, 1.82) is 0 Å². The number of benzene rings is 3. The zero-order valence-electron chi connectivity index (χ0n) is 21.6. The number of nitrogens with one attached hydrogen (secondary N) is 2. The summed E-state index contributed by atoms with van der Waals surface area (Å²) in [7, 11) is 1.29. The molecule has 4 aromatic rings. The summed E-state index contributed by atoms with van der Waals surface area (Å²) in [5, 5.41) is 9.26. The molecule has 2 N–H and O–H groups in total. The lowest BCUT2D eigenvalue weighted by Crippen LogP contribution is -2.33. The van der Waals surface area contributed by atoms with Crippen LogP contribution >= 0.6 is 11.3 Å². The standard InChI is InChI=1S/C30H27N3O5S/c1-18(19-13-15-22(16-14-19)38-17-21-9-5-8-20-7-3-4-10-23(20)21)32-33-28(35)27(34)31-29-26(30(36)37-2)24-11-6-12-25(24)39-29/h3-5,7-10,13-16H,6,11-12,17H2,1-2H3,(H,31,34)(H,33,35). The van der Waals surface area contributed by atoms with Gasteiger partial charge in [-0.1, -0.05) is 42.5 Å². The first-order valence-electron chi connectivity index (χ1n) is 12.5. The third-order valence-corrected chi connectivity index (χ3v) is 7.82. The van der Waals surface area contributed by atoms with Crippen molar-refractivity contribution in [3.05, 3.63) is 93.9 Å². The van der Waals surface area contributed by atoms with E-state index in [0.717, 1.165) is 46.2 Å². The lowest BCUT2D eigenvalue weighted by molar-refractivity contribution is -0.136. The molecule has 0 aliphatic heterocycles. The van der Waals surface area contributed by atoms with Crippen LogP contribution in [0.4, 0.5) is 5.00 Å². The maximum absolute atomic E-state index is 12.5. The van der Waals surface area contributed by atoms with Crippen LogP contribution in [0.15, 0.2) is 71.8 Å². The van der Waals surface area contributed by atoms with Crippen LogP contribution < -0.4 is 15.5 Å². The first-order valence-corrected chi connectivity index (χ1v) is 13.3. The van der Waals surface area contributed by atoms with E-state index < -0.39 is 17.8 Å². The Bertz CT molecular complexity index is 1580. The first kappa shape index (κ1) is 26.1. The molecule has 0 bridgehead atoms. The monoisotopic (exact) mass is 541 g/mol. The molecule has 198 valence electrons. The SMILES string of the molecule is COC(=O)c1c(NC(=O)C(=O)NN=C(C)c2ccc(OCc3cccc4ccccc34)cc2)sc2c1CCC2. The molecular weight excluding hydrogens is 514 g/mol. The minimum atomic E-state index is -0.936. The molecule has 1 aliphatic rings. The quantitative estimate of drug-likeness (QED) is 0.144. The topological polar surface area (TPSA) is 106 Å². The Hall–Kier alpha value is -4.50. The van der Waals surface area contributed by atoms with E-state index in [1.54, 1.807) is 6.92 Å². The number of carbonyl (C=O) groups excluding carboxylic acids is 3. The molecule has 39 heavy (non-hydrogen) atoms. The van der Waals surface area contributed by atoms with Gasteiger partial charge in [0.15, 0.2) is 0 Å². The van der Waals surface area contributed by atoms with E-state index in [1.165, 1.54) is 23.8 Å². The summed E-state index contributed by atoms with van der Waals surface area (Å²) in [4.78, 5) is 38.2. The highest BCUT2D eigenvalue weighted by molar-refractivity contribution is 7.17. The Labute approximate surface area is 229 Å². The molecule has 5 rings (SSSR count). The summed E-state index contributed by atoms with van der Waals surface area (Å²) >= 11 is 1.30. The number of anilines is 1. The second kappa shape index (κ2) is 11.5. The molecule has 2 amide bonds. The summed E-state index contributed by atoms with van der Waals surface area (Å²) in [5.74, 6) is -1.67. The predicted octanol–water partition coefficient (Wildman–Crippen LogP) is 5.23. The van der Waals surface area contributed by atoms with Gasteiger partial charge in [0.25, 0.3) is 0 Å². The van der Waals surface area contributed by atoms with E-state index in [2.05, 4.69) is 34.0 Å². The molecule has 3 aromatic carbocycles. The molecule has 1 aromatic heterocycles. The molecule has 8 nitrogen and oxygen atoms in total. The van der Waals surface area contributed by atoms with Crippen LogP contribution in [0, 0.1) is 0 Å². The molecule has 1 heterocycles. The highest BCUT2D eigenvalue weighted by atomic mass is 32.1. The average Bonchev–Trinajstić information content (AvgIpc) is 3.55. The molecule has 0 fully saturated rings. The van der Waals surface area contributed by atoms with Crippen molar-refractivity contribution in [2.75, 3.05) is 12.4 Å². The largest absolute Gasteiger partial charge is 0.489 e. The minimum Gasteiger partial charge on any atom is -0.489 e. The molecule has 0 atom stereocenters. The zero-order chi connectivity index (χ0) is 27.4. The van der Waals surface area contributed by atoms with E-state index in [9.17, 15) is 14.4 Å². The summed E-state index contributed by atoms with van der Waals surface area (Å²) in [6.07, 6.45) is 2.53. The Morgan fingerprint density at radius 2 is 1.72 bits per heavy atom. The van der Waals surface area contributed by atoms with Gasteiger partial charge in [0.1, 0.15) is 17.4 Å². The number of fused-ring (bicyclic) bond motifs is 2. The Balaban J connectivity index is 1.18. The van der Waals surface area contributed by atoms with Gasteiger partial charge in [-0.15, -0.1) is 11.3 Å². The molecular formula is C30H27N3O5S. The maximum atomic E-state index is 12.5. The molecule has 0 saturated heterocycles. The highest BCUT2D eigenvalue weighted by Crippen LogP contribution is 2.39. The predicted molar refractivity (Wildman–Crippen MR) is 151 cm³/mol. The minimum absolute atomic E-state index is 0.325. The second-order valence-corrected chi connectivity index (χ2v) is 10.2. The van der Waals surface area contributed by atoms with Crippen LogP contribution in [0.25, 0.3) is 10.8 Å². The lowest BCUT2D eigenvalue weighted by atomic mass is 10.1. The molecule has 0 saturated carbocycles. The van der Waals surface area contributed by atoms with Crippen molar-refractivity contribution in [1.82, 2.24) is 5.43 Å². The number of rotatable bonds is 7. The van der Waals surface area contributed by atoms with E-state index in [-0.39, 0.29) is 0 Å². The van der Waals surface area contributed by atoms with Crippen molar-refractivity contribution < 1.29 is 23.9 Å². The van der Waals surface area contributed by atoms with Gasteiger partial charge in [0, 0.05) is 4.88 Å². The number of aryl methyl sites for hydroxylation is 1. The molecule has 9 heteroatoms. The normalized spacial score (nSPS) is 12.6. The average molecular weight is 542 g/mol. The number of methoxy groups -OCH3 is 1. The van der Waals surface area contributed by atoms with Crippen LogP contribution in [-0.2, 0) is 33.8 Å².